The molecule has 2 fully saturated rings. The van der Waals surface area contributed by atoms with Gasteiger partial charge in [-0.05, 0) is 67.3 Å². The molecule has 4 heterocycles. The zero-order valence-electron chi connectivity index (χ0n) is 25.5. The lowest BCUT2D eigenvalue weighted by Crippen LogP contribution is -2.36. The molecule has 0 bridgehead atoms. The van der Waals surface area contributed by atoms with Crippen LogP contribution in [0.3, 0.4) is 0 Å². The van der Waals surface area contributed by atoms with Crippen LogP contribution in [0.5, 0.6) is 5.88 Å². The van der Waals surface area contributed by atoms with Gasteiger partial charge in [0.1, 0.15) is 35.3 Å². The largest absolute Gasteiger partial charge is 0.478 e. The van der Waals surface area contributed by atoms with Crippen LogP contribution in [0.2, 0.25) is 0 Å². The maximum absolute atomic E-state index is 15.6. The Balaban J connectivity index is 1.07. The van der Waals surface area contributed by atoms with Crippen LogP contribution in [-0.2, 0) is 24.3 Å². The minimum Gasteiger partial charge on any atom is -0.478 e. The van der Waals surface area contributed by atoms with E-state index in [9.17, 15) is 20.0 Å². The number of nitriles is 1. The molecule has 1 unspecified atom stereocenters. The van der Waals surface area contributed by atoms with Crippen LogP contribution in [0, 0.1) is 23.0 Å². The number of aromatic nitrogens is 4. The Morgan fingerprint density at radius 3 is 2.62 bits per heavy atom. The van der Waals surface area contributed by atoms with Crippen molar-refractivity contribution < 1.29 is 33.0 Å². The van der Waals surface area contributed by atoms with E-state index in [1.807, 2.05) is 4.57 Å². The zero-order valence-corrected chi connectivity index (χ0v) is 25.5. The second-order valence-corrected chi connectivity index (χ2v) is 11.9. The SMILES string of the molecule is N#CC1(NC(=O)c2ccc(COc3cccc(-c4cc(F)c(Cc5nc6ccc(C(=O)O)cc6n5CC5CCO5)cc4F)n3)cn2)CC1. The van der Waals surface area contributed by atoms with Crippen LogP contribution >= 0.6 is 0 Å². The Kier molecular flexibility index (Phi) is 8.02. The molecule has 2 N–H and O–H groups in total. The fourth-order valence-corrected chi connectivity index (χ4v) is 5.48. The quantitative estimate of drug-likeness (QED) is 0.196. The zero-order chi connectivity index (χ0) is 33.4. The van der Waals surface area contributed by atoms with Crippen LogP contribution in [-0.4, -0.2) is 54.8 Å². The van der Waals surface area contributed by atoms with Gasteiger partial charge in [0.05, 0.1) is 41.0 Å². The van der Waals surface area contributed by atoms with Crippen LogP contribution in [0.4, 0.5) is 8.78 Å². The number of carboxylic acid groups (broad SMARTS) is 1. The molecular weight excluding hydrogens is 622 g/mol. The van der Waals surface area contributed by atoms with Gasteiger partial charge in [-0.2, -0.15) is 5.26 Å². The van der Waals surface area contributed by atoms with Crippen molar-refractivity contribution in [2.75, 3.05) is 6.61 Å². The number of ether oxygens (including phenoxy) is 2. The van der Waals surface area contributed by atoms with Crippen molar-refractivity contribution in [2.24, 2.45) is 0 Å². The van der Waals surface area contributed by atoms with Gasteiger partial charge < -0.3 is 24.5 Å². The monoisotopic (exact) mass is 650 g/mol. The maximum Gasteiger partial charge on any atom is 0.335 e. The van der Waals surface area contributed by atoms with Gasteiger partial charge in [-0.15, -0.1) is 0 Å². The van der Waals surface area contributed by atoms with Crippen molar-refractivity contribution in [3.63, 3.8) is 0 Å². The summed E-state index contributed by atoms with van der Waals surface area (Å²) < 4.78 is 44.3. The van der Waals surface area contributed by atoms with E-state index in [0.717, 1.165) is 18.6 Å². The lowest BCUT2D eigenvalue weighted by molar-refractivity contribution is -0.0589. The van der Waals surface area contributed by atoms with Crippen LogP contribution in [0.1, 0.15) is 57.1 Å². The summed E-state index contributed by atoms with van der Waals surface area (Å²) in [5.74, 6) is -2.20. The average molecular weight is 651 g/mol. The maximum atomic E-state index is 15.6. The first-order valence-corrected chi connectivity index (χ1v) is 15.3. The Morgan fingerprint density at radius 1 is 1.10 bits per heavy atom. The van der Waals surface area contributed by atoms with Crippen LogP contribution in [0.25, 0.3) is 22.3 Å². The van der Waals surface area contributed by atoms with Crippen molar-refractivity contribution in [3.05, 3.63) is 107 Å². The van der Waals surface area contributed by atoms with Gasteiger partial charge in [-0.25, -0.2) is 23.5 Å². The first-order chi connectivity index (χ1) is 23.2. The third-order valence-corrected chi connectivity index (χ3v) is 8.50. The number of benzene rings is 2. The molecule has 1 amide bonds. The number of imidazole rings is 1. The number of carbonyl (C=O) groups excluding carboxylic acids is 1. The van der Waals surface area contributed by atoms with Gasteiger partial charge in [-0.1, -0.05) is 12.1 Å². The van der Waals surface area contributed by atoms with Gasteiger partial charge in [0.15, 0.2) is 0 Å². The highest BCUT2D eigenvalue weighted by atomic mass is 19.1. The number of carbonyl (C=O) groups is 2. The molecule has 2 aromatic carbocycles. The second-order valence-electron chi connectivity index (χ2n) is 11.9. The summed E-state index contributed by atoms with van der Waals surface area (Å²) in [4.78, 5) is 37.1. The van der Waals surface area contributed by atoms with Gasteiger partial charge in [-0.3, -0.25) is 9.78 Å². The molecule has 13 heteroatoms. The van der Waals surface area contributed by atoms with E-state index in [4.69, 9.17) is 9.47 Å². The number of fused-ring (bicyclic) bond motifs is 1. The van der Waals surface area contributed by atoms with E-state index in [0.29, 0.717) is 48.4 Å². The molecule has 1 saturated heterocycles. The first-order valence-electron chi connectivity index (χ1n) is 15.3. The Morgan fingerprint density at radius 2 is 1.94 bits per heavy atom. The van der Waals surface area contributed by atoms with Crippen molar-refractivity contribution in [1.82, 2.24) is 24.8 Å². The Hall–Kier alpha value is -5.74. The molecule has 0 radical (unpaired) electrons. The molecule has 1 saturated carbocycles. The van der Waals surface area contributed by atoms with E-state index >= 15 is 8.78 Å². The predicted molar refractivity (Wildman–Crippen MR) is 167 cm³/mol. The summed E-state index contributed by atoms with van der Waals surface area (Å²) in [5, 5.41) is 21.4. The molecule has 7 rings (SSSR count). The molecule has 48 heavy (non-hydrogen) atoms. The normalized spacial score (nSPS) is 16.1. The number of aromatic carboxylic acids is 1. The summed E-state index contributed by atoms with van der Waals surface area (Å²) in [7, 11) is 0. The predicted octanol–water partition coefficient (Wildman–Crippen LogP) is 5.21. The molecule has 1 aliphatic carbocycles. The number of nitrogens with zero attached hydrogens (tertiary/aromatic N) is 5. The third-order valence-electron chi connectivity index (χ3n) is 8.50. The van der Waals surface area contributed by atoms with E-state index in [2.05, 4.69) is 26.3 Å². The van der Waals surface area contributed by atoms with Crippen molar-refractivity contribution in [2.45, 2.75) is 50.5 Å². The molecule has 3 aromatic heterocycles. The number of pyridine rings is 2. The van der Waals surface area contributed by atoms with E-state index in [-0.39, 0.29) is 53.1 Å². The minimum atomic E-state index is -1.07. The highest BCUT2D eigenvalue weighted by Crippen LogP contribution is 2.34. The molecule has 0 spiro atoms. The Bertz CT molecular complexity index is 2100. The van der Waals surface area contributed by atoms with Gasteiger partial charge in [0, 0.05) is 36.4 Å². The molecule has 5 aromatic rings. The number of halogens is 2. The van der Waals surface area contributed by atoms with E-state index in [1.54, 1.807) is 30.3 Å². The highest BCUT2D eigenvalue weighted by Gasteiger charge is 2.44. The number of nitrogens with one attached hydrogen (secondary N) is 1. The second kappa shape index (κ2) is 12.5. The summed E-state index contributed by atoms with van der Waals surface area (Å²) in [6.45, 7) is 1.10. The highest BCUT2D eigenvalue weighted by molar-refractivity contribution is 5.93. The van der Waals surface area contributed by atoms with E-state index < -0.39 is 29.0 Å². The number of rotatable bonds is 11. The lowest BCUT2D eigenvalue weighted by Gasteiger charge is -2.27. The summed E-state index contributed by atoms with van der Waals surface area (Å²) >= 11 is 0. The number of hydrogen-bond acceptors (Lipinski definition) is 8. The summed E-state index contributed by atoms with van der Waals surface area (Å²) in [6, 6.07) is 16.9. The smallest absolute Gasteiger partial charge is 0.335 e. The summed E-state index contributed by atoms with van der Waals surface area (Å²) in [5.41, 5.74) is 1.47. The Labute approximate surface area is 272 Å². The number of carboxylic acids is 1. The van der Waals surface area contributed by atoms with Crippen molar-refractivity contribution >= 4 is 22.9 Å². The fourth-order valence-electron chi connectivity index (χ4n) is 5.48. The molecule has 1 aliphatic heterocycles. The minimum absolute atomic E-state index is 0.0307. The van der Waals surface area contributed by atoms with Gasteiger partial charge in [0.2, 0.25) is 5.88 Å². The molecule has 11 nitrogen and oxygen atoms in total. The first kappa shape index (κ1) is 30.9. The standard InChI is InChI=1S/C35H28F2N6O5/c36-25-15-24(27-2-1-3-32(41-27)48-18-20-4-6-29(39-16-20)33(44)42-35(19-38)9-10-35)26(37)12-22(25)14-31-40-28-7-5-21(34(45)46)13-30(28)43(31)17-23-8-11-47-23/h1-7,12-13,15-16,23H,8-11,14,17-18H2,(H,42,44)(H,45,46). The van der Waals surface area contributed by atoms with Crippen molar-refractivity contribution in [1.29, 1.82) is 5.26 Å². The third kappa shape index (κ3) is 6.30. The topological polar surface area (TPSA) is 152 Å². The van der Waals surface area contributed by atoms with Crippen LogP contribution in [0.15, 0.2) is 66.9 Å². The molecule has 242 valence electrons. The lowest BCUT2D eigenvalue weighted by atomic mass is 10.0. The summed E-state index contributed by atoms with van der Waals surface area (Å²) in [6.07, 6.45) is 3.44. The van der Waals surface area contributed by atoms with Gasteiger partial charge in [0.25, 0.3) is 5.91 Å². The van der Waals surface area contributed by atoms with E-state index in [1.165, 1.54) is 24.4 Å². The van der Waals surface area contributed by atoms with Gasteiger partial charge >= 0.3 is 5.97 Å². The van der Waals surface area contributed by atoms with Crippen molar-refractivity contribution in [3.8, 4) is 23.2 Å². The number of hydrogen-bond donors (Lipinski definition) is 2. The van der Waals surface area contributed by atoms with Crippen LogP contribution < -0.4 is 10.1 Å². The molecular formula is C35H28F2N6O5. The molecule has 1 atom stereocenters. The number of amides is 1. The average Bonchev–Trinajstić information content (AvgIpc) is 3.76. The fraction of sp³-hybridized carbons (Fsp3) is 0.257. The molecule has 2 aliphatic rings.